The van der Waals surface area contributed by atoms with Crippen LogP contribution in [0.1, 0.15) is 40.5 Å². The van der Waals surface area contributed by atoms with E-state index in [1.807, 2.05) is 0 Å². The fourth-order valence-electron chi connectivity index (χ4n) is 1.02. The molecule has 0 spiro atoms. The summed E-state index contributed by atoms with van der Waals surface area (Å²) in [6.07, 6.45) is -0.202. The van der Waals surface area contributed by atoms with E-state index in [2.05, 4.69) is 0 Å². The summed E-state index contributed by atoms with van der Waals surface area (Å²) in [7, 11) is 0. The zero-order chi connectivity index (χ0) is 10.9. The summed E-state index contributed by atoms with van der Waals surface area (Å²) in [6.45, 7) is 4.99. The molecule has 0 fully saturated rings. The molecule has 0 heterocycles. The van der Waals surface area contributed by atoms with E-state index in [-0.39, 0.29) is 12.8 Å². The maximum Gasteiger partial charge on any atom is 0.303 e. The lowest BCUT2D eigenvalue weighted by Crippen LogP contribution is -2.59. The monoisotopic (exact) mass is 196 g/mol. The van der Waals surface area contributed by atoms with Gasteiger partial charge in [-0.25, -0.2) is 8.78 Å². The molecule has 4 heteroatoms. The number of aliphatic hydroxyl groups is 2. The molecule has 0 saturated carbocycles. The summed E-state index contributed by atoms with van der Waals surface area (Å²) in [5, 5.41) is 18.8. The summed E-state index contributed by atoms with van der Waals surface area (Å²) in [5.41, 5.74) is -4.32. The molecule has 2 N–H and O–H groups in total. The Balaban J connectivity index is 4.95. The third kappa shape index (κ3) is 1.99. The molecule has 0 saturated heterocycles. The highest BCUT2D eigenvalue weighted by atomic mass is 19.3. The van der Waals surface area contributed by atoms with Crippen molar-refractivity contribution in [2.75, 3.05) is 0 Å². The van der Waals surface area contributed by atoms with E-state index in [9.17, 15) is 19.0 Å². The average molecular weight is 196 g/mol. The summed E-state index contributed by atoms with van der Waals surface area (Å²) < 4.78 is 27.0. The number of halogens is 2. The van der Waals surface area contributed by atoms with Gasteiger partial charge in [-0.05, 0) is 26.7 Å². The molecule has 0 aromatic heterocycles. The molecule has 0 aromatic carbocycles. The van der Waals surface area contributed by atoms with Gasteiger partial charge in [0.25, 0.3) is 0 Å². The maximum atomic E-state index is 13.5. The van der Waals surface area contributed by atoms with Crippen molar-refractivity contribution >= 4 is 0 Å². The Labute approximate surface area is 77.6 Å². The molecule has 2 nitrogen and oxygen atoms in total. The molecule has 13 heavy (non-hydrogen) atoms. The first-order valence-corrected chi connectivity index (χ1v) is 4.45. The van der Waals surface area contributed by atoms with Crippen LogP contribution in [-0.4, -0.2) is 27.3 Å². The fourth-order valence-corrected chi connectivity index (χ4v) is 1.02. The molecule has 0 radical (unpaired) electrons. The van der Waals surface area contributed by atoms with Crippen LogP contribution in [0.25, 0.3) is 0 Å². The van der Waals surface area contributed by atoms with E-state index in [0.29, 0.717) is 0 Å². The van der Waals surface area contributed by atoms with Crippen LogP contribution in [0.5, 0.6) is 0 Å². The van der Waals surface area contributed by atoms with Crippen LogP contribution in [0.2, 0.25) is 0 Å². The third-order valence-electron chi connectivity index (χ3n) is 2.73. The van der Waals surface area contributed by atoms with E-state index < -0.39 is 17.1 Å². The third-order valence-corrected chi connectivity index (χ3v) is 2.73. The van der Waals surface area contributed by atoms with Crippen molar-refractivity contribution < 1.29 is 19.0 Å². The summed E-state index contributed by atoms with van der Waals surface area (Å²) in [6, 6.07) is 0. The smallest absolute Gasteiger partial charge is 0.303 e. The highest BCUT2D eigenvalue weighted by Crippen LogP contribution is 2.41. The molecule has 0 bridgehead atoms. The van der Waals surface area contributed by atoms with Gasteiger partial charge in [0, 0.05) is 0 Å². The fraction of sp³-hybridized carbons (Fsp3) is 1.00. The molecule has 0 aliphatic heterocycles. The van der Waals surface area contributed by atoms with Crippen LogP contribution < -0.4 is 0 Å². The Kier molecular flexibility index (Phi) is 3.44. The number of rotatable bonds is 4. The van der Waals surface area contributed by atoms with E-state index in [0.717, 1.165) is 13.8 Å². The Hall–Kier alpha value is -0.220. The second-order valence-electron chi connectivity index (χ2n) is 3.83. The van der Waals surface area contributed by atoms with Crippen LogP contribution in [0.3, 0.4) is 0 Å². The largest absolute Gasteiger partial charge is 0.384 e. The molecule has 0 rings (SSSR count). The van der Waals surface area contributed by atoms with Crippen molar-refractivity contribution in [3.05, 3.63) is 0 Å². The number of hydrogen-bond donors (Lipinski definition) is 2. The highest BCUT2D eigenvalue weighted by Gasteiger charge is 2.59. The van der Waals surface area contributed by atoms with Gasteiger partial charge in [-0.1, -0.05) is 13.8 Å². The first-order chi connectivity index (χ1) is 5.62. The van der Waals surface area contributed by atoms with E-state index >= 15 is 0 Å². The topological polar surface area (TPSA) is 40.5 Å². The van der Waals surface area contributed by atoms with Gasteiger partial charge in [-0.2, -0.15) is 0 Å². The van der Waals surface area contributed by atoms with Gasteiger partial charge < -0.3 is 10.2 Å². The lowest BCUT2D eigenvalue weighted by atomic mass is 9.81. The maximum absolute atomic E-state index is 13.5. The molecule has 2 atom stereocenters. The van der Waals surface area contributed by atoms with Gasteiger partial charge in [0.05, 0.1) is 0 Å². The molecular weight excluding hydrogens is 178 g/mol. The van der Waals surface area contributed by atoms with Crippen molar-refractivity contribution in [2.24, 2.45) is 0 Å². The molecule has 0 aliphatic carbocycles. The average Bonchev–Trinajstić information content (AvgIpc) is 2.03. The quantitative estimate of drug-likeness (QED) is 0.721. The van der Waals surface area contributed by atoms with Crippen LogP contribution in [-0.2, 0) is 0 Å². The number of hydrogen-bond acceptors (Lipinski definition) is 2. The lowest BCUT2D eigenvalue weighted by Gasteiger charge is -2.41. The van der Waals surface area contributed by atoms with Gasteiger partial charge in [0.2, 0.25) is 0 Å². The number of alkyl halides is 2. The SMILES string of the molecule is CCC(C)(O)C(F)(F)C(C)(O)CC. The summed E-state index contributed by atoms with van der Waals surface area (Å²) in [4.78, 5) is 0. The van der Waals surface area contributed by atoms with E-state index in [4.69, 9.17) is 0 Å². The molecule has 2 unspecified atom stereocenters. The van der Waals surface area contributed by atoms with Crippen LogP contribution in [0.4, 0.5) is 8.78 Å². The minimum Gasteiger partial charge on any atom is -0.384 e. The second kappa shape index (κ2) is 3.50. The van der Waals surface area contributed by atoms with Gasteiger partial charge in [0.1, 0.15) is 11.2 Å². The van der Waals surface area contributed by atoms with Gasteiger partial charge >= 0.3 is 5.92 Å². The Bertz CT molecular complexity index is 158. The van der Waals surface area contributed by atoms with Gasteiger partial charge in [-0.15, -0.1) is 0 Å². The van der Waals surface area contributed by atoms with Crippen molar-refractivity contribution in [1.29, 1.82) is 0 Å². The van der Waals surface area contributed by atoms with Crippen LogP contribution in [0.15, 0.2) is 0 Å². The molecule has 80 valence electrons. The standard InChI is InChI=1S/C9H18F2O2/c1-5-7(3,12)9(10,11)8(4,13)6-2/h12-13H,5-6H2,1-4H3. The van der Waals surface area contributed by atoms with Crippen molar-refractivity contribution in [3.63, 3.8) is 0 Å². The lowest BCUT2D eigenvalue weighted by molar-refractivity contribution is -0.263. The van der Waals surface area contributed by atoms with E-state index in [1.165, 1.54) is 13.8 Å². The minimum absolute atomic E-state index is 0.101. The first kappa shape index (κ1) is 12.8. The second-order valence-corrected chi connectivity index (χ2v) is 3.83. The predicted molar refractivity (Wildman–Crippen MR) is 46.8 cm³/mol. The Morgan fingerprint density at radius 2 is 1.15 bits per heavy atom. The van der Waals surface area contributed by atoms with Crippen molar-refractivity contribution in [3.8, 4) is 0 Å². The Morgan fingerprint density at radius 1 is 0.923 bits per heavy atom. The summed E-state index contributed by atoms with van der Waals surface area (Å²) >= 11 is 0. The molecule has 0 amide bonds. The molecular formula is C9H18F2O2. The van der Waals surface area contributed by atoms with Crippen molar-refractivity contribution in [1.82, 2.24) is 0 Å². The van der Waals surface area contributed by atoms with E-state index in [1.54, 1.807) is 0 Å². The van der Waals surface area contributed by atoms with Crippen LogP contribution in [0, 0.1) is 0 Å². The van der Waals surface area contributed by atoms with Crippen LogP contribution >= 0.6 is 0 Å². The van der Waals surface area contributed by atoms with Gasteiger partial charge in [-0.3, -0.25) is 0 Å². The first-order valence-electron chi connectivity index (χ1n) is 4.45. The normalized spacial score (nSPS) is 22.2. The zero-order valence-corrected chi connectivity index (χ0v) is 8.56. The van der Waals surface area contributed by atoms with Gasteiger partial charge in [0.15, 0.2) is 0 Å². The summed E-state index contributed by atoms with van der Waals surface area (Å²) in [5.74, 6) is -3.50. The molecule has 0 aliphatic rings. The minimum atomic E-state index is -3.50. The molecule has 0 aromatic rings. The zero-order valence-electron chi connectivity index (χ0n) is 8.56. The predicted octanol–water partition coefficient (Wildman–Crippen LogP) is 1.94. The Morgan fingerprint density at radius 3 is 1.31 bits per heavy atom. The highest BCUT2D eigenvalue weighted by molar-refractivity contribution is 5.00. The van der Waals surface area contributed by atoms with Crippen molar-refractivity contribution in [2.45, 2.75) is 57.7 Å².